The lowest BCUT2D eigenvalue weighted by Crippen LogP contribution is -2.47. The van der Waals surface area contributed by atoms with Crippen molar-refractivity contribution in [2.24, 2.45) is 17.8 Å². The molecule has 0 aliphatic carbocycles. The van der Waals surface area contributed by atoms with Gasteiger partial charge < -0.3 is 19.7 Å². The molecule has 1 aromatic carbocycles. The Balaban J connectivity index is 2.07. The van der Waals surface area contributed by atoms with Gasteiger partial charge in [-0.15, -0.1) is 0 Å². The second kappa shape index (κ2) is 8.99. The Morgan fingerprint density at radius 1 is 1.34 bits per heavy atom. The molecule has 29 heavy (non-hydrogen) atoms. The molecule has 1 fully saturated rings. The molecule has 1 amide bonds. The maximum absolute atomic E-state index is 12.6. The number of nitrogens with zero attached hydrogens (tertiary/aromatic N) is 1. The van der Waals surface area contributed by atoms with Crippen LogP contribution in [0.3, 0.4) is 0 Å². The standard InChI is InChI=1S/C23H32N2O4/c1-5-16-13-25(15(3)27)21(12-19(16)14(2)23(28)29-4)22-18(10-11-26)17-8-6-7-9-20(17)24-22/h6-9,14,16,19,21,24,26H,5,10-13H2,1-4H3/t14-,16-,19-,21-/m0/s1. The van der Waals surface area contributed by atoms with Crippen LogP contribution in [0.15, 0.2) is 24.3 Å². The molecule has 1 aliphatic rings. The average molecular weight is 401 g/mol. The van der Waals surface area contributed by atoms with E-state index in [4.69, 9.17) is 4.74 Å². The second-order valence-corrected chi connectivity index (χ2v) is 8.10. The number of aliphatic hydroxyl groups excluding tert-OH is 1. The first kappa shape index (κ1) is 21.4. The number of esters is 1. The van der Waals surface area contributed by atoms with Crippen molar-refractivity contribution in [3.05, 3.63) is 35.5 Å². The molecule has 2 aromatic rings. The molecule has 6 nitrogen and oxygen atoms in total. The monoisotopic (exact) mass is 400 g/mol. The first-order valence-electron chi connectivity index (χ1n) is 10.5. The number of aliphatic hydroxyl groups is 1. The number of ether oxygens (including phenoxy) is 1. The molecule has 158 valence electrons. The van der Waals surface area contributed by atoms with Crippen molar-refractivity contribution in [2.45, 2.75) is 46.1 Å². The minimum absolute atomic E-state index is 0.0335. The number of amides is 1. The molecule has 3 rings (SSSR count). The van der Waals surface area contributed by atoms with Crippen molar-refractivity contribution in [1.82, 2.24) is 9.88 Å². The van der Waals surface area contributed by atoms with E-state index in [1.54, 1.807) is 6.92 Å². The summed E-state index contributed by atoms with van der Waals surface area (Å²) >= 11 is 0. The molecule has 2 N–H and O–H groups in total. The first-order valence-corrected chi connectivity index (χ1v) is 10.5. The summed E-state index contributed by atoms with van der Waals surface area (Å²) in [6.45, 7) is 6.32. The third-order valence-electron chi connectivity index (χ3n) is 6.59. The SMILES string of the molecule is CC[C@H]1CN(C(C)=O)[C@H](c2[nH]c3ccccc3c2CCO)C[C@H]1[C@H](C)C(=O)OC. The van der Waals surface area contributed by atoms with E-state index in [2.05, 4.69) is 11.9 Å². The van der Waals surface area contributed by atoms with Gasteiger partial charge in [0.15, 0.2) is 0 Å². The summed E-state index contributed by atoms with van der Waals surface area (Å²) in [5.41, 5.74) is 3.04. The van der Waals surface area contributed by atoms with Gasteiger partial charge in [-0.1, -0.05) is 38.5 Å². The Labute approximate surface area is 172 Å². The van der Waals surface area contributed by atoms with E-state index in [-0.39, 0.29) is 42.3 Å². The highest BCUT2D eigenvalue weighted by molar-refractivity contribution is 5.85. The van der Waals surface area contributed by atoms with E-state index >= 15 is 0 Å². The van der Waals surface area contributed by atoms with E-state index in [9.17, 15) is 14.7 Å². The molecule has 1 aromatic heterocycles. The van der Waals surface area contributed by atoms with Gasteiger partial charge in [0.25, 0.3) is 0 Å². The number of piperidine rings is 1. The smallest absolute Gasteiger partial charge is 0.308 e. The fourth-order valence-electron chi connectivity index (χ4n) is 5.01. The van der Waals surface area contributed by atoms with Crippen LogP contribution in [0.1, 0.15) is 50.9 Å². The maximum Gasteiger partial charge on any atom is 0.308 e. The van der Waals surface area contributed by atoms with E-state index in [0.717, 1.165) is 28.6 Å². The predicted molar refractivity (Wildman–Crippen MR) is 112 cm³/mol. The van der Waals surface area contributed by atoms with Crippen LogP contribution in [0.2, 0.25) is 0 Å². The summed E-state index contributed by atoms with van der Waals surface area (Å²) in [5, 5.41) is 10.7. The number of aromatic amines is 1. The molecule has 0 saturated carbocycles. The highest BCUT2D eigenvalue weighted by Gasteiger charge is 2.42. The topological polar surface area (TPSA) is 82.6 Å². The number of aromatic nitrogens is 1. The summed E-state index contributed by atoms with van der Waals surface area (Å²) in [6.07, 6.45) is 2.12. The van der Waals surface area contributed by atoms with Crippen LogP contribution < -0.4 is 0 Å². The minimum Gasteiger partial charge on any atom is -0.469 e. The third-order valence-corrected chi connectivity index (χ3v) is 6.59. The van der Waals surface area contributed by atoms with Gasteiger partial charge in [-0.3, -0.25) is 9.59 Å². The van der Waals surface area contributed by atoms with Gasteiger partial charge in [-0.25, -0.2) is 0 Å². The number of fused-ring (bicyclic) bond motifs is 1. The molecule has 0 unspecified atom stereocenters. The van der Waals surface area contributed by atoms with Crippen molar-refractivity contribution in [1.29, 1.82) is 0 Å². The Kier molecular flexibility index (Phi) is 6.63. The fraction of sp³-hybridized carbons (Fsp3) is 0.565. The number of carbonyl (C=O) groups excluding carboxylic acids is 2. The Morgan fingerprint density at radius 3 is 2.69 bits per heavy atom. The van der Waals surface area contributed by atoms with Crippen LogP contribution in [0.4, 0.5) is 0 Å². The molecule has 0 radical (unpaired) electrons. The van der Waals surface area contributed by atoms with Crippen molar-refractivity contribution in [3.8, 4) is 0 Å². The van der Waals surface area contributed by atoms with Crippen molar-refractivity contribution < 1.29 is 19.4 Å². The fourth-order valence-corrected chi connectivity index (χ4v) is 5.01. The molecular weight excluding hydrogens is 368 g/mol. The van der Waals surface area contributed by atoms with Crippen LogP contribution in [0.25, 0.3) is 10.9 Å². The summed E-state index contributed by atoms with van der Waals surface area (Å²) in [7, 11) is 1.43. The number of methoxy groups -OCH3 is 1. The Hall–Kier alpha value is -2.34. The zero-order valence-electron chi connectivity index (χ0n) is 17.8. The van der Waals surface area contributed by atoms with Crippen molar-refractivity contribution in [2.75, 3.05) is 20.3 Å². The lowest BCUT2D eigenvalue weighted by atomic mass is 9.72. The van der Waals surface area contributed by atoms with E-state index in [1.807, 2.05) is 36.1 Å². The number of benzene rings is 1. The molecule has 1 aliphatic heterocycles. The van der Waals surface area contributed by atoms with Gasteiger partial charge >= 0.3 is 5.97 Å². The van der Waals surface area contributed by atoms with Gasteiger partial charge in [-0.2, -0.15) is 0 Å². The van der Waals surface area contributed by atoms with Crippen LogP contribution in [0, 0.1) is 17.8 Å². The van der Waals surface area contributed by atoms with Gasteiger partial charge in [0.05, 0.1) is 19.1 Å². The number of rotatable bonds is 6. The van der Waals surface area contributed by atoms with Gasteiger partial charge in [0.1, 0.15) is 0 Å². The lowest BCUT2D eigenvalue weighted by molar-refractivity contribution is -0.150. The first-order chi connectivity index (χ1) is 13.9. The Morgan fingerprint density at radius 2 is 2.07 bits per heavy atom. The number of hydrogen-bond donors (Lipinski definition) is 2. The molecule has 1 saturated heterocycles. The maximum atomic E-state index is 12.6. The van der Waals surface area contributed by atoms with Crippen LogP contribution in [-0.4, -0.2) is 47.1 Å². The van der Waals surface area contributed by atoms with Gasteiger partial charge in [0.2, 0.25) is 5.91 Å². The van der Waals surface area contributed by atoms with Crippen LogP contribution >= 0.6 is 0 Å². The average Bonchev–Trinajstić information content (AvgIpc) is 3.10. The van der Waals surface area contributed by atoms with Crippen molar-refractivity contribution in [3.63, 3.8) is 0 Å². The van der Waals surface area contributed by atoms with Crippen molar-refractivity contribution >= 4 is 22.8 Å². The number of nitrogens with one attached hydrogen (secondary N) is 1. The Bertz CT molecular complexity index is 875. The molecule has 2 heterocycles. The molecule has 6 heteroatoms. The summed E-state index contributed by atoms with van der Waals surface area (Å²) in [6, 6.07) is 7.87. The highest BCUT2D eigenvalue weighted by Crippen LogP contribution is 2.44. The largest absolute Gasteiger partial charge is 0.469 e. The zero-order valence-corrected chi connectivity index (χ0v) is 17.8. The van der Waals surface area contributed by atoms with E-state index < -0.39 is 0 Å². The number of likely N-dealkylation sites (tertiary alicyclic amines) is 1. The van der Waals surface area contributed by atoms with E-state index in [1.165, 1.54) is 7.11 Å². The minimum atomic E-state index is -0.229. The number of hydrogen-bond acceptors (Lipinski definition) is 4. The number of para-hydroxylation sites is 1. The number of carbonyl (C=O) groups is 2. The number of H-pyrrole nitrogens is 1. The van der Waals surface area contributed by atoms with Crippen LogP contribution in [-0.2, 0) is 20.7 Å². The molecular formula is C23H32N2O4. The third kappa shape index (κ3) is 4.04. The summed E-state index contributed by atoms with van der Waals surface area (Å²) < 4.78 is 5.02. The molecule has 0 spiro atoms. The highest BCUT2D eigenvalue weighted by atomic mass is 16.5. The summed E-state index contributed by atoms with van der Waals surface area (Å²) in [5.74, 6) is -0.0227. The lowest BCUT2D eigenvalue weighted by Gasteiger charge is -2.45. The predicted octanol–water partition coefficient (Wildman–Crippen LogP) is 3.45. The van der Waals surface area contributed by atoms with E-state index in [0.29, 0.717) is 19.4 Å². The second-order valence-electron chi connectivity index (χ2n) is 8.10. The molecule has 4 atom stereocenters. The van der Waals surface area contributed by atoms with Gasteiger partial charge in [0, 0.05) is 36.7 Å². The quantitative estimate of drug-likeness (QED) is 0.728. The van der Waals surface area contributed by atoms with Crippen LogP contribution in [0.5, 0.6) is 0 Å². The molecule has 0 bridgehead atoms. The van der Waals surface area contributed by atoms with Gasteiger partial charge in [-0.05, 0) is 36.3 Å². The summed E-state index contributed by atoms with van der Waals surface area (Å²) in [4.78, 5) is 30.3. The zero-order chi connectivity index (χ0) is 21.1. The normalized spacial score (nSPS) is 23.2.